The quantitative estimate of drug-likeness (QED) is 0.351. The average Bonchev–Trinajstić information content (AvgIpc) is 3.24. The van der Waals surface area contributed by atoms with Gasteiger partial charge in [0.05, 0.1) is 47.7 Å². The second-order valence-corrected chi connectivity index (χ2v) is 9.65. The van der Waals surface area contributed by atoms with Crippen LogP contribution in [0.2, 0.25) is 0 Å². The smallest absolute Gasteiger partial charge is 0.255 e. The van der Waals surface area contributed by atoms with Crippen LogP contribution in [-0.4, -0.2) is 69.4 Å². The zero-order valence-electron chi connectivity index (χ0n) is 21.6. The Morgan fingerprint density at radius 2 is 2.15 bits per heavy atom. The molecule has 2 amide bonds. The van der Waals surface area contributed by atoms with Gasteiger partial charge in [-0.2, -0.15) is 10.4 Å². The van der Waals surface area contributed by atoms with Crippen molar-refractivity contribution in [1.82, 2.24) is 24.2 Å². The summed E-state index contributed by atoms with van der Waals surface area (Å²) in [6, 6.07) is 4.60. The van der Waals surface area contributed by atoms with E-state index in [2.05, 4.69) is 39.9 Å². The predicted molar refractivity (Wildman–Crippen MR) is 140 cm³/mol. The number of ether oxygens (including phenoxy) is 1. The molecule has 11 nitrogen and oxygen atoms in total. The number of fused-ring (bicyclic) bond motifs is 1. The number of halogens is 1. The van der Waals surface area contributed by atoms with Crippen LogP contribution in [0.4, 0.5) is 10.2 Å². The van der Waals surface area contributed by atoms with Crippen molar-refractivity contribution in [1.29, 1.82) is 5.26 Å². The highest BCUT2D eigenvalue weighted by Crippen LogP contribution is 2.44. The largest absolute Gasteiger partial charge is 0.383 e. The lowest BCUT2D eigenvalue weighted by atomic mass is 10.1. The van der Waals surface area contributed by atoms with Gasteiger partial charge < -0.3 is 25.3 Å². The number of amides is 2. The fourth-order valence-corrected chi connectivity index (χ4v) is 5.18. The van der Waals surface area contributed by atoms with E-state index in [1.807, 2.05) is 0 Å². The summed E-state index contributed by atoms with van der Waals surface area (Å²) in [5.41, 5.74) is 6.26. The van der Waals surface area contributed by atoms with E-state index >= 15 is 4.39 Å². The number of nitrogens with zero attached hydrogens (tertiary/aromatic N) is 6. The molecule has 2 aromatic heterocycles. The van der Waals surface area contributed by atoms with Gasteiger partial charge >= 0.3 is 0 Å². The van der Waals surface area contributed by atoms with Gasteiger partial charge in [0.2, 0.25) is 5.91 Å². The van der Waals surface area contributed by atoms with Crippen molar-refractivity contribution in [3.05, 3.63) is 53.8 Å². The van der Waals surface area contributed by atoms with Crippen LogP contribution in [0.1, 0.15) is 46.9 Å². The molecule has 200 valence electrons. The molecule has 2 atom stereocenters. The molecule has 1 saturated carbocycles. The Balaban J connectivity index is 1.52. The molecule has 0 radical (unpaired) electrons. The molecule has 1 aliphatic carbocycles. The number of benzene rings is 1. The van der Waals surface area contributed by atoms with Gasteiger partial charge in [-0.1, -0.05) is 12.5 Å². The summed E-state index contributed by atoms with van der Waals surface area (Å²) in [5, 5.41) is 17.0. The van der Waals surface area contributed by atoms with Gasteiger partial charge in [0.15, 0.2) is 5.69 Å². The molecule has 39 heavy (non-hydrogen) atoms. The zero-order valence-corrected chi connectivity index (χ0v) is 21.6. The first kappa shape index (κ1) is 25.9. The van der Waals surface area contributed by atoms with Crippen LogP contribution in [0, 0.1) is 29.0 Å². The number of primary amides is 1. The topological polar surface area (TPSA) is 144 Å². The van der Waals surface area contributed by atoms with Crippen LogP contribution < -0.4 is 11.1 Å². The third-order valence-corrected chi connectivity index (χ3v) is 7.29. The third-order valence-electron chi connectivity index (χ3n) is 7.29. The lowest BCUT2D eigenvalue weighted by Crippen LogP contribution is -2.37. The fourth-order valence-electron chi connectivity index (χ4n) is 5.18. The molecule has 0 bridgehead atoms. The maximum absolute atomic E-state index is 15.1. The Bertz CT molecular complexity index is 1600. The summed E-state index contributed by atoms with van der Waals surface area (Å²) >= 11 is 0. The van der Waals surface area contributed by atoms with Crippen molar-refractivity contribution in [3.8, 4) is 17.9 Å². The molecule has 5 rings (SSSR count). The van der Waals surface area contributed by atoms with Crippen LogP contribution in [0.5, 0.6) is 0 Å². The second kappa shape index (κ2) is 9.89. The highest BCUT2D eigenvalue weighted by atomic mass is 19.1. The molecule has 3 N–H and O–H groups in total. The number of hydrogen-bond acceptors (Lipinski definition) is 7. The molecule has 3 heterocycles. The van der Waals surface area contributed by atoms with E-state index in [9.17, 15) is 14.9 Å². The number of likely N-dealkylation sites (tertiary alicyclic amines) is 1. The number of hydrogen-bond donors (Lipinski definition) is 2. The minimum absolute atomic E-state index is 0.0642. The Kier molecular flexibility index (Phi) is 6.58. The maximum Gasteiger partial charge on any atom is 0.255 e. The molecule has 0 spiro atoms. The standard InChI is InChI=1S/C27H27FN8O3/c1-4-23(37)34-12-17(10-18(34)13-39-3)36-26(31-2)24(25(30)38)20(33-36)6-5-16-9-21-22(11-19(16)28)35(15-32-21)27(14-29)7-8-27/h4,9,11,15,17-18,31H,1,7-8,10,12-13H2,2-3H3,(H2,30,38)/t17-,18+/m0/s1. The number of nitriles is 1. The van der Waals surface area contributed by atoms with Crippen molar-refractivity contribution < 1.29 is 18.7 Å². The predicted octanol–water partition coefficient (Wildman–Crippen LogP) is 1.90. The Hall–Kier alpha value is -4.68. The van der Waals surface area contributed by atoms with Gasteiger partial charge in [0, 0.05) is 26.8 Å². The monoisotopic (exact) mass is 530 g/mol. The molecule has 3 aromatic rings. The number of methoxy groups -OCH3 is 1. The van der Waals surface area contributed by atoms with Gasteiger partial charge in [-0.3, -0.25) is 9.59 Å². The summed E-state index contributed by atoms with van der Waals surface area (Å²) in [6.07, 6.45) is 4.70. The van der Waals surface area contributed by atoms with Crippen LogP contribution >= 0.6 is 0 Å². The number of aromatic nitrogens is 4. The minimum Gasteiger partial charge on any atom is -0.383 e. The molecular weight excluding hydrogens is 503 g/mol. The van der Waals surface area contributed by atoms with Crippen LogP contribution in [0.25, 0.3) is 11.0 Å². The fraction of sp³-hybridized carbons (Fsp3) is 0.370. The second-order valence-electron chi connectivity index (χ2n) is 9.65. The lowest BCUT2D eigenvalue weighted by Gasteiger charge is -2.22. The molecule has 1 saturated heterocycles. The molecular formula is C27H27FN8O3. The highest BCUT2D eigenvalue weighted by molar-refractivity contribution is 6.00. The molecule has 1 aliphatic heterocycles. The summed E-state index contributed by atoms with van der Waals surface area (Å²) in [7, 11) is 3.19. The van der Waals surface area contributed by atoms with Crippen LogP contribution in [0.3, 0.4) is 0 Å². The number of nitrogens with two attached hydrogens (primary N) is 1. The lowest BCUT2D eigenvalue weighted by molar-refractivity contribution is -0.127. The summed E-state index contributed by atoms with van der Waals surface area (Å²) < 4.78 is 23.7. The van der Waals surface area contributed by atoms with Crippen molar-refractivity contribution >= 4 is 28.7 Å². The van der Waals surface area contributed by atoms with Gasteiger partial charge in [-0.25, -0.2) is 14.1 Å². The van der Waals surface area contributed by atoms with Gasteiger partial charge in [0.25, 0.3) is 5.91 Å². The van der Waals surface area contributed by atoms with E-state index in [1.54, 1.807) is 34.6 Å². The minimum atomic E-state index is -0.749. The van der Waals surface area contributed by atoms with Crippen molar-refractivity contribution in [2.45, 2.75) is 36.9 Å². The van der Waals surface area contributed by atoms with E-state index in [0.717, 1.165) is 0 Å². The number of carbonyl (C=O) groups is 2. The SMILES string of the molecule is C=CC(=O)N1C[C@@H](n2nc(C#Cc3cc4ncn(C5(C#N)CC5)c4cc3F)c(C(N)=O)c2NC)C[C@@H]1COC. The van der Waals surface area contributed by atoms with Gasteiger partial charge in [0.1, 0.15) is 22.7 Å². The highest BCUT2D eigenvalue weighted by Gasteiger charge is 2.46. The van der Waals surface area contributed by atoms with E-state index in [0.29, 0.717) is 49.3 Å². The van der Waals surface area contributed by atoms with Crippen molar-refractivity contribution in [2.24, 2.45) is 5.73 Å². The van der Waals surface area contributed by atoms with E-state index in [1.165, 1.54) is 18.2 Å². The molecule has 1 aromatic carbocycles. The number of carbonyl (C=O) groups excluding carboxylic acids is 2. The number of imidazole rings is 1. The van der Waals surface area contributed by atoms with Crippen LogP contribution in [-0.2, 0) is 15.1 Å². The first-order valence-corrected chi connectivity index (χ1v) is 12.4. The maximum atomic E-state index is 15.1. The van der Waals surface area contributed by atoms with Crippen molar-refractivity contribution in [3.63, 3.8) is 0 Å². The van der Waals surface area contributed by atoms with Gasteiger partial charge in [-0.05, 0) is 37.3 Å². The Morgan fingerprint density at radius 3 is 2.77 bits per heavy atom. The van der Waals surface area contributed by atoms with E-state index < -0.39 is 17.3 Å². The molecule has 0 unspecified atom stereocenters. The third kappa shape index (κ3) is 4.39. The summed E-state index contributed by atoms with van der Waals surface area (Å²) in [6.45, 7) is 4.22. The molecule has 2 fully saturated rings. The number of rotatable bonds is 7. The Morgan fingerprint density at radius 1 is 1.38 bits per heavy atom. The van der Waals surface area contributed by atoms with E-state index in [4.69, 9.17) is 10.5 Å². The van der Waals surface area contributed by atoms with Gasteiger partial charge in [-0.15, -0.1) is 0 Å². The average molecular weight is 531 g/mol. The first-order chi connectivity index (χ1) is 18.8. The Labute approximate surface area is 224 Å². The number of nitrogens with one attached hydrogen (secondary N) is 1. The molecule has 2 aliphatic rings. The first-order valence-electron chi connectivity index (χ1n) is 12.4. The molecule has 12 heteroatoms. The normalized spacial score (nSPS) is 19.3. The summed E-state index contributed by atoms with van der Waals surface area (Å²) in [4.78, 5) is 30.9. The van der Waals surface area contributed by atoms with Crippen LogP contribution in [0.15, 0.2) is 31.1 Å². The van der Waals surface area contributed by atoms with E-state index in [-0.39, 0.29) is 34.8 Å². The summed E-state index contributed by atoms with van der Waals surface area (Å²) in [5.74, 6) is 4.35. The number of anilines is 1. The zero-order chi connectivity index (χ0) is 27.9. The van der Waals surface area contributed by atoms with Crippen molar-refractivity contribution in [2.75, 3.05) is 32.6 Å².